The summed E-state index contributed by atoms with van der Waals surface area (Å²) >= 11 is 6.63. The minimum atomic E-state index is -0.0981. The number of benzene rings is 1. The molecule has 100 valence electrons. The number of carbonyl (C=O) groups is 1. The zero-order valence-electron chi connectivity index (χ0n) is 10.6. The van der Waals surface area contributed by atoms with Crippen LogP contribution in [0.2, 0.25) is 0 Å². The number of fused-ring (bicyclic) bond motifs is 2. The maximum absolute atomic E-state index is 11.3. The molecule has 0 aromatic heterocycles. The molecule has 2 saturated carbocycles. The fraction of sp³-hybridized carbons (Fsp3) is 0.533. The molecule has 19 heavy (non-hydrogen) atoms. The number of alkyl halides is 1. The van der Waals surface area contributed by atoms with Gasteiger partial charge in [-0.3, -0.25) is 4.79 Å². The third-order valence-corrected chi connectivity index (χ3v) is 5.31. The smallest absolute Gasteiger partial charge is 0.262 e. The molecule has 0 bridgehead atoms. The molecule has 0 saturated heterocycles. The van der Waals surface area contributed by atoms with Crippen LogP contribution < -0.4 is 10.1 Å². The molecule has 3 nitrogen and oxygen atoms in total. The summed E-state index contributed by atoms with van der Waals surface area (Å²) in [5.74, 6) is 2.95. The van der Waals surface area contributed by atoms with Gasteiger partial charge in [-0.1, -0.05) is 12.5 Å². The van der Waals surface area contributed by atoms with Crippen molar-refractivity contribution in [2.75, 3.05) is 11.9 Å². The van der Waals surface area contributed by atoms with Gasteiger partial charge in [0.25, 0.3) is 5.91 Å². The number of rotatable bonds is 2. The number of halogens is 1. The average molecular weight is 278 g/mol. The minimum absolute atomic E-state index is 0.0689. The van der Waals surface area contributed by atoms with Crippen molar-refractivity contribution in [3.63, 3.8) is 0 Å². The average Bonchev–Trinajstić information content (AvgIpc) is 2.89. The first-order valence-corrected chi connectivity index (χ1v) is 7.38. The molecule has 1 aromatic rings. The molecule has 2 fully saturated rings. The number of ether oxygens (including phenoxy) is 1. The SMILES string of the molecule is O=C1COc2ccc(C(Cl)C3C4CCCC43)cc2N1. The largest absolute Gasteiger partial charge is 0.482 e. The van der Waals surface area contributed by atoms with Crippen molar-refractivity contribution in [3.8, 4) is 5.75 Å². The van der Waals surface area contributed by atoms with Gasteiger partial charge < -0.3 is 10.1 Å². The van der Waals surface area contributed by atoms with Gasteiger partial charge in [-0.05, 0) is 48.3 Å². The Morgan fingerprint density at radius 2 is 2.11 bits per heavy atom. The zero-order chi connectivity index (χ0) is 13.0. The lowest BCUT2D eigenvalue weighted by atomic mass is 10.0. The predicted octanol–water partition coefficient (Wildman–Crippen LogP) is 3.34. The van der Waals surface area contributed by atoms with Gasteiger partial charge in [-0.2, -0.15) is 0 Å². The highest BCUT2D eigenvalue weighted by Gasteiger charge is 2.55. The Hall–Kier alpha value is -1.22. The highest BCUT2D eigenvalue weighted by Crippen LogP contribution is 2.64. The van der Waals surface area contributed by atoms with E-state index in [9.17, 15) is 4.79 Å². The van der Waals surface area contributed by atoms with E-state index >= 15 is 0 Å². The highest BCUT2D eigenvalue weighted by molar-refractivity contribution is 6.21. The molecule has 3 aliphatic rings. The molecule has 2 aliphatic carbocycles. The summed E-state index contributed by atoms with van der Waals surface area (Å²) in [4.78, 5) is 11.3. The standard InChI is InChI=1S/C15H16ClNO2/c16-15(14-9-2-1-3-10(9)14)8-4-5-12-11(6-8)17-13(18)7-19-12/h4-6,9-10,14-15H,1-3,7H2,(H,17,18). The zero-order valence-corrected chi connectivity index (χ0v) is 11.3. The maximum atomic E-state index is 11.3. The van der Waals surface area contributed by atoms with E-state index in [1.54, 1.807) is 0 Å². The summed E-state index contributed by atoms with van der Waals surface area (Å²) in [7, 11) is 0. The van der Waals surface area contributed by atoms with E-state index in [0.717, 1.165) is 28.8 Å². The lowest BCUT2D eigenvalue weighted by Gasteiger charge is -2.20. The molecular formula is C15H16ClNO2. The van der Waals surface area contributed by atoms with Gasteiger partial charge >= 0.3 is 0 Å². The molecule has 1 N–H and O–H groups in total. The van der Waals surface area contributed by atoms with E-state index in [1.165, 1.54) is 19.3 Å². The summed E-state index contributed by atoms with van der Waals surface area (Å²) in [6.07, 6.45) is 4.04. The van der Waals surface area contributed by atoms with Crippen LogP contribution in [-0.4, -0.2) is 12.5 Å². The second-order valence-corrected chi connectivity index (χ2v) is 6.30. The van der Waals surface area contributed by atoms with Crippen LogP contribution in [0.5, 0.6) is 5.75 Å². The fourth-order valence-corrected chi connectivity index (χ4v) is 4.31. The van der Waals surface area contributed by atoms with E-state index in [4.69, 9.17) is 16.3 Å². The van der Waals surface area contributed by atoms with Crippen molar-refractivity contribution in [3.05, 3.63) is 23.8 Å². The molecule has 1 heterocycles. The summed E-state index contributed by atoms with van der Waals surface area (Å²) in [5, 5.41) is 2.91. The first-order valence-electron chi connectivity index (χ1n) is 6.95. The number of anilines is 1. The van der Waals surface area contributed by atoms with Gasteiger partial charge in [-0.25, -0.2) is 0 Å². The van der Waals surface area contributed by atoms with Crippen molar-refractivity contribution in [1.82, 2.24) is 0 Å². The topological polar surface area (TPSA) is 38.3 Å². The monoisotopic (exact) mass is 277 g/mol. The highest BCUT2D eigenvalue weighted by atomic mass is 35.5. The first kappa shape index (κ1) is 11.6. The van der Waals surface area contributed by atoms with E-state index in [-0.39, 0.29) is 17.9 Å². The Morgan fingerprint density at radius 1 is 1.32 bits per heavy atom. The number of amides is 1. The van der Waals surface area contributed by atoms with E-state index in [1.807, 2.05) is 18.2 Å². The molecule has 4 rings (SSSR count). The Balaban J connectivity index is 1.58. The molecule has 0 spiro atoms. The number of hydrogen-bond donors (Lipinski definition) is 1. The molecule has 1 aromatic carbocycles. The van der Waals surface area contributed by atoms with Crippen molar-refractivity contribution >= 4 is 23.2 Å². The van der Waals surface area contributed by atoms with Crippen LogP contribution in [0.3, 0.4) is 0 Å². The normalized spacial score (nSPS) is 32.9. The van der Waals surface area contributed by atoms with E-state index in [2.05, 4.69) is 5.32 Å². The Bertz CT molecular complexity index is 535. The Labute approximate surface area is 117 Å². The van der Waals surface area contributed by atoms with Crippen LogP contribution in [0.25, 0.3) is 0 Å². The quantitative estimate of drug-likeness (QED) is 0.842. The van der Waals surface area contributed by atoms with Gasteiger partial charge in [0, 0.05) is 0 Å². The number of carbonyl (C=O) groups excluding carboxylic acids is 1. The van der Waals surface area contributed by atoms with Crippen molar-refractivity contribution in [2.24, 2.45) is 17.8 Å². The Kier molecular flexibility index (Phi) is 2.52. The lowest BCUT2D eigenvalue weighted by molar-refractivity contribution is -0.118. The number of nitrogens with one attached hydrogen (secondary N) is 1. The molecule has 1 aliphatic heterocycles. The van der Waals surface area contributed by atoms with Crippen molar-refractivity contribution in [1.29, 1.82) is 0 Å². The van der Waals surface area contributed by atoms with E-state index in [0.29, 0.717) is 5.92 Å². The second kappa shape index (κ2) is 4.14. The summed E-state index contributed by atoms with van der Waals surface area (Å²) < 4.78 is 5.37. The molecule has 0 radical (unpaired) electrons. The second-order valence-electron chi connectivity index (χ2n) is 5.83. The summed E-state index contributed by atoms with van der Waals surface area (Å²) in [6, 6.07) is 5.91. The predicted molar refractivity (Wildman–Crippen MR) is 73.5 cm³/mol. The fourth-order valence-electron chi connectivity index (χ4n) is 3.81. The lowest BCUT2D eigenvalue weighted by Crippen LogP contribution is -2.25. The third-order valence-electron chi connectivity index (χ3n) is 4.77. The minimum Gasteiger partial charge on any atom is -0.482 e. The van der Waals surface area contributed by atoms with Crippen LogP contribution in [0.1, 0.15) is 30.2 Å². The number of hydrogen-bond acceptors (Lipinski definition) is 2. The van der Waals surface area contributed by atoms with Gasteiger partial charge in [0.1, 0.15) is 5.75 Å². The van der Waals surface area contributed by atoms with Crippen LogP contribution in [-0.2, 0) is 4.79 Å². The van der Waals surface area contributed by atoms with Crippen LogP contribution in [0.15, 0.2) is 18.2 Å². The molecule has 3 atom stereocenters. The summed E-state index contributed by atoms with van der Waals surface area (Å²) in [5.41, 5.74) is 1.86. The maximum Gasteiger partial charge on any atom is 0.262 e. The molecule has 3 unspecified atom stereocenters. The first-order chi connectivity index (χ1) is 9.24. The molecule has 1 amide bonds. The van der Waals surface area contributed by atoms with Gasteiger partial charge in [0.05, 0.1) is 11.1 Å². The van der Waals surface area contributed by atoms with Crippen LogP contribution >= 0.6 is 11.6 Å². The summed E-state index contributed by atoms with van der Waals surface area (Å²) in [6.45, 7) is 0.101. The molecular weight excluding hydrogens is 262 g/mol. The molecule has 4 heteroatoms. The third kappa shape index (κ3) is 1.83. The van der Waals surface area contributed by atoms with Crippen LogP contribution in [0.4, 0.5) is 5.69 Å². The Morgan fingerprint density at radius 3 is 2.89 bits per heavy atom. The van der Waals surface area contributed by atoms with Crippen LogP contribution in [0, 0.1) is 17.8 Å². The van der Waals surface area contributed by atoms with Gasteiger partial charge in [0.15, 0.2) is 6.61 Å². The van der Waals surface area contributed by atoms with E-state index < -0.39 is 0 Å². The van der Waals surface area contributed by atoms with Gasteiger partial charge in [0.2, 0.25) is 0 Å². The van der Waals surface area contributed by atoms with Gasteiger partial charge in [-0.15, -0.1) is 11.6 Å². The van der Waals surface area contributed by atoms with Crippen molar-refractivity contribution in [2.45, 2.75) is 24.6 Å². The van der Waals surface area contributed by atoms with Crippen molar-refractivity contribution < 1.29 is 9.53 Å².